The van der Waals surface area contributed by atoms with Gasteiger partial charge in [0.15, 0.2) is 0 Å². The molecule has 1 fully saturated rings. The molecule has 31 heavy (non-hydrogen) atoms. The van der Waals surface area contributed by atoms with Gasteiger partial charge in [0.25, 0.3) is 5.91 Å². The van der Waals surface area contributed by atoms with Crippen LogP contribution in [0.3, 0.4) is 0 Å². The number of amides is 1. The first kappa shape index (κ1) is 21.2. The SMILES string of the molecule is O=C1/C(=C/c2ccc(OCCOc3ccccc3)cc2)SC(=S)N1Cc1ccccc1. The van der Waals surface area contributed by atoms with Gasteiger partial charge in [-0.05, 0) is 41.5 Å². The van der Waals surface area contributed by atoms with Gasteiger partial charge in [0.1, 0.15) is 29.0 Å². The van der Waals surface area contributed by atoms with E-state index >= 15 is 0 Å². The highest BCUT2D eigenvalue weighted by atomic mass is 32.2. The Hall–Kier alpha value is -3.09. The summed E-state index contributed by atoms with van der Waals surface area (Å²) in [4.78, 5) is 15.1. The van der Waals surface area contributed by atoms with Crippen molar-refractivity contribution in [2.24, 2.45) is 0 Å². The van der Waals surface area contributed by atoms with Gasteiger partial charge >= 0.3 is 0 Å². The molecule has 1 heterocycles. The number of rotatable bonds is 8. The fraction of sp³-hybridized carbons (Fsp3) is 0.120. The van der Waals surface area contributed by atoms with E-state index in [0.29, 0.717) is 29.0 Å². The van der Waals surface area contributed by atoms with E-state index in [1.807, 2.05) is 91.0 Å². The van der Waals surface area contributed by atoms with E-state index in [2.05, 4.69) is 0 Å². The smallest absolute Gasteiger partial charge is 0.266 e. The molecular weight excluding hydrogens is 426 g/mol. The first-order valence-electron chi connectivity index (χ1n) is 9.89. The number of carbonyl (C=O) groups excluding carboxylic acids is 1. The Balaban J connectivity index is 1.31. The van der Waals surface area contributed by atoms with E-state index in [1.54, 1.807) is 4.90 Å². The van der Waals surface area contributed by atoms with Crippen molar-refractivity contribution in [3.8, 4) is 11.5 Å². The number of thiocarbonyl (C=S) groups is 1. The normalized spacial score (nSPS) is 14.8. The number of nitrogens with zero attached hydrogens (tertiary/aromatic N) is 1. The summed E-state index contributed by atoms with van der Waals surface area (Å²) in [6, 6.07) is 27.1. The quantitative estimate of drug-likeness (QED) is 0.257. The fourth-order valence-corrected chi connectivity index (χ4v) is 4.30. The molecule has 3 aromatic carbocycles. The summed E-state index contributed by atoms with van der Waals surface area (Å²) in [7, 11) is 0. The molecule has 0 bridgehead atoms. The minimum absolute atomic E-state index is 0.0581. The Labute approximate surface area is 191 Å². The molecule has 3 aromatic rings. The van der Waals surface area contributed by atoms with E-state index in [-0.39, 0.29) is 5.91 Å². The maximum absolute atomic E-state index is 12.8. The van der Waals surface area contributed by atoms with Gasteiger partial charge in [0.05, 0.1) is 11.4 Å². The van der Waals surface area contributed by atoms with Crippen molar-refractivity contribution in [3.63, 3.8) is 0 Å². The van der Waals surface area contributed by atoms with Crippen LogP contribution < -0.4 is 9.47 Å². The van der Waals surface area contributed by atoms with Crippen molar-refractivity contribution < 1.29 is 14.3 Å². The van der Waals surface area contributed by atoms with Gasteiger partial charge in [0.2, 0.25) is 0 Å². The number of carbonyl (C=O) groups is 1. The van der Waals surface area contributed by atoms with E-state index in [1.165, 1.54) is 11.8 Å². The first-order chi connectivity index (χ1) is 15.2. The van der Waals surface area contributed by atoms with Crippen LogP contribution in [0.2, 0.25) is 0 Å². The Bertz CT molecular complexity index is 1070. The molecule has 4 rings (SSSR count). The van der Waals surface area contributed by atoms with Crippen molar-refractivity contribution in [2.45, 2.75) is 6.54 Å². The second kappa shape index (κ2) is 10.3. The molecule has 1 aliphatic rings. The van der Waals surface area contributed by atoms with E-state index < -0.39 is 0 Å². The highest BCUT2D eigenvalue weighted by Gasteiger charge is 2.31. The molecule has 156 valence electrons. The summed E-state index contributed by atoms with van der Waals surface area (Å²) in [6.45, 7) is 1.41. The standard InChI is InChI=1S/C25H21NO3S2/c27-24-23(31-25(30)26(24)18-20-7-3-1-4-8-20)17-19-11-13-22(14-12-19)29-16-15-28-21-9-5-2-6-10-21/h1-14,17H,15-16,18H2/b23-17-. The Morgan fingerprint density at radius 1 is 0.806 bits per heavy atom. The summed E-state index contributed by atoms with van der Waals surface area (Å²) in [5.41, 5.74) is 1.98. The third kappa shape index (κ3) is 5.75. The maximum Gasteiger partial charge on any atom is 0.266 e. The molecule has 0 radical (unpaired) electrons. The molecule has 6 heteroatoms. The summed E-state index contributed by atoms with van der Waals surface area (Å²) in [5.74, 6) is 1.52. The summed E-state index contributed by atoms with van der Waals surface area (Å²) < 4.78 is 11.9. The lowest BCUT2D eigenvalue weighted by Gasteiger charge is -2.14. The van der Waals surface area contributed by atoms with Crippen molar-refractivity contribution in [3.05, 3.63) is 101 Å². The largest absolute Gasteiger partial charge is 0.490 e. The number of hydrogen-bond acceptors (Lipinski definition) is 5. The minimum Gasteiger partial charge on any atom is -0.490 e. The van der Waals surface area contributed by atoms with Gasteiger partial charge in [-0.3, -0.25) is 9.69 Å². The van der Waals surface area contributed by atoms with Crippen LogP contribution in [0, 0.1) is 0 Å². The molecule has 1 saturated heterocycles. The van der Waals surface area contributed by atoms with E-state index in [9.17, 15) is 4.79 Å². The zero-order valence-electron chi connectivity index (χ0n) is 16.8. The average molecular weight is 448 g/mol. The Morgan fingerprint density at radius 2 is 1.39 bits per heavy atom. The lowest BCUT2D eigenvalue weighted by atomic mass is 10.2. The average Bonchev–Trinajstić information content (AvgIpc) is 3.06. The molecule has 0 spiro atoms. The summed E-state index contributed by atoms with van der Waals surface area (Å²) in [6.07, 6.45) is 1.87. The van der Waals surface area contributed by atoms with Crippen LogP contribution in [0.1, 0.15) is 11.1 Å². The fourth-order valence-electron chi connectivity index (χ4n) is 3.05. The van der Waals surface area contributed by atoms with Crippen LogP contribution in [-0.2, 0) is 11.3 Å². The van der Waals surface area contributed by atoms with Gasteiger partial charge < -0.3 is 9.47 Å². The van der Waals surface area contributed by atoms with Crippen molar-refractivity contribution in [2.75, 3.05) is 13.2 Å². The molecule has 0 aliphatic carbocycles. The Morgan fingerprint density at radius 3 is 2.03 bits per heavy atom. The Kier molecular flexibility index (Phi) is 7.02. The summed E-state index contributed by atoms with van der Waals surface area (Å²) in [5, 5.41) is 0. The molecule has 0 atom stereocenters. The zero-order valence-corrected chi connectivity index (χ0v) is 18.4. The van der Waals surface area contributed by atoms with Crippen LogP contribution in [0.4, 0.5) is 0 Å². The third-order valence-electron chi connectivity index (χ3n) is 4.60. The van der Waals surface area contributed by atoms with Crippen LogP contribution in [0.5, 0.6) is 11.5 Å². The van der Waals surface area contributed by atoms with Crippen molar-refractivity contribution >= 4 is 40.3 Å². The molecule has 0 aromatic heterocycles. The molecule has 4 nitrogen and oxygen atoms in total. The topological polar surface area (TPSA) is 38.8 Å². The van der Waals surface area contributed by atoms with Gasteiger partial charge in [-0.1, -0.05) is 84.6 Å². The van der Waals surface area contributed by atoms with Gasteiger partial charge in [0, 0.05) is 0 Å². The second-order valence-electron chi connectivity index (χ2n) is 6.83. The van der Waals surface area contributed by atoms with Crippen LogP contribution >= 0.6 is 24.0 Å². The van der Waals surface area contributed by atoms with Gasteiger partial charge in [-0.2, -0.15) is 0 Å². The molecule has 0 saturated carbocycles. The number of hydrogen-bond donors (Lipinski definition) is 0. The number of thioether (sulfide) groups is 1. The lowest BCUT2D eigenvalue weighted by Crippen LogP contribution is -2.27. The molecule has 0 N–H and O–H groups in total. The van der Waals surface area contributed by atoms with Crippen molar-refractivity contribution in [1.82, 2.24) is 4.90 Å². The number of benzene rings is 3. The predicted molar refractivity (Wildman–Crippen MR) is 129 cm³/mol. The lowest BCUT2D eigenvalue weighted by molar-refractivity contribution is -0.122. The predicted octanol–water partition coefficient (Wildman–Crippen LogP) is 5.55. The third-order valence-corrected chi connectivity index (χ3v) is 5.98. The van der Waals surface area contributed by atoms with Crippen LogP contribution in [0.15, 0.2) is 89.8 Å². The molecule has 1 aliphatic heterocycles. The van der Waals surface area contributed by atoms with E-state index in [0.717, 1.165) is 22.6 Å². The number of para-hydroxylation sites is 1. The molecule has 1 amide bonds. The minimum atomic E-state index is -0.0581. The maximum atomic E-state index is 12.8. The van der Waals surface area contributed by atoms with Crippen LogP contribution in [-0.4, -0.2) is 28.3 Å². The molecular formula is C25H21NO3S2. The first-order valence-corrected chi connectivity index (χ1v) is 11.1. The highest BCUT2D eigenvalue weighted by Crippen LogP contribution is 2.33. The molecule has 0 unspecified atom stereocenters. The van der Waals surface area contributed by atoms with Gasteiger partial charge in [-0.15, -0.1) is 0 Å². The zero-order chi connectivity index (χ0) is 21.5. The second-order valence-corrected chi connectivity index (χ2v) is 8.51. The van der Waals surface area contributed by atoms with Crippen LogP contribution in [0.25, 0.3) is 6.08 Å². The highest BCUT2D eigenvalue weighted by molar-refractivity contribution is 8.26. The van der Waals surface area contributed by atoms with E-state index in [4.69, 9.17) is 21.7 Å². The number of ether oxygens (including phenoxy) is 2. The van der Waals surface area contributed by atoms with Gasteiger partial charge in [-0.25, -0.2) is 0 Å². The summed E-state index contributed by atoms with van der Waals surface area (Å²) >= 11 is 6.76. The monoisotopic (exact) mass is 447 g/mol. The van der Waals surface area contributed by atoms with Crippen molar-refractivity contribution in [1.29, 1.82) is 0 Å².